The first kappa shape index (κ1) is 12.6. The van der Waals surface area contributed by atoms with E-state index in [0.717, 1.165) is 35.5 Å². The van der Waals surface area contributed by atoms with Gasteiger partial charge in [0.2, 0.25) is 0 Å². The van der Waals surface area contributed by atoms with Gasteiger partial charge in [-0.1, -0.05) is 32.0 Å². The number of benzene rings is 1. The Hall–Kier alpha value is -1.90. The van der Waals surface area contributed by atoms with E-state index in [1.54, 1.807) is 0 Å². The Kier molecular flexibility index (Phi) is 3.60. The number of hydrogen-bond acceptors (Lipinski definition) is 3. The van der Waals surface area contributed by atoms with Crippen molar-refractivity contribution in [2.45, 2.75) is 33.6 Å². The summed E-state index contributed by atoms with van der Waals surface area (Å²) in [6.45, 7) is 6.16. The van der Waals surface area contributed by atoms with Crippen LogP contribution in [0.25, 0.3) is 11.3 Å². The van der Waals surface area contributed by atoms with Crippen LogP contribution in [0.2, 0.25) is 0 Å². The first-order valence-electron chi connectivity index (χ1n) is 6.38. The van der Waals surface area contributed by atoms with Gasteiger partial charge in [-0.3, -0.25) is 0 Å². The van der Waals surface area contributed by atoms with E-state index in [1.165, 1.54) is 5.56 Å². The largest absolute Gasteiger partial charge is 0.383 e. The van der Waals surface area contributed by atoms with Crippen LogP contribution in [0.4, 0.5) is 5.82 Å². The van der Waals surface area contributed by atoms with Gasteiger partial charge in [0.05, 0.1) is 5.69 Å². The van der Waals surface area contributed by atoms with Gasteiger partial charge < -0.3 is 5.73 Å². The zero-order chi connectivity index (χ0) is 13.1. The number of hydrogen-bond donors (Lipinski definition) is 1. The Balaban J connectivity index is 2.58. The molecule has 1 heterocycles. The second-order valence-electron chi connectivity index (χ2n) is 4.41. The minimum absolute atomic E-state index is 0.582. The van der Waals surface area contributed by atoms with Crippen LogP contribution in [-0.4, -0.2) is 9.97 Å². The molecule has 3 heteroatoms. The molecule has 0 bridgehead atoms. The predicted molar refractivity (Wildman–Crippen MR) is 75.4 cm³/mol. The highest BCUT2D eigenvalue weighted by Gasteiger charge is 2.10. The fraction of sp³-hybridized carbons (Fsp3) is 0.333. The zero-order valence-electron chi connectivity index (χ0n) is 11.2. The van der Waals surface area contributed by atoms with Crippen molar-refractivity contribution < 1.29 is 0 Å². The molecule has 0 atom stereocenters. The standard InChI is InChI=1S/C15H19N3/c1-4-11-7-6-8-12(9-11)14-10(3)15(16)18-13(5-2)17-14/h6-9H,4-5H2,1-3H3,(H2,16,17,18). The number of rotatable bonds is 3. The monoisotopic (exact) mass is 241 g/mol. The third-order valence-electron chi connectivity index (χ3n) is 3.15. The summed E-state index contributed by atoms with van der Waals surface area (Å²) >= 11 is 0. The average Bonchev–Trinajstić information content (AvgIpc) is 2.41. The maximum Gasteiger partial charge on any atom is 0.131 e. The van der Waals surface area contributed by atoms with Crippen LogP contribution in [0.5, 0.6) is 0 Å². The van der Waals surface area contributed by atoms with E-state index in [1.807, 2.05) is 13.8 Å². The van der Waals surface area contributed by atoms with Crippen molar-refractivity contribution in [1.82, 2.24) is 9.97 Å². The van der Waals surface area contributed by atoms with E-state index in [9.17, 15) is 0 Å². The van der Waals surface area contributed by atoms with Gasteiger partial charge in [-0.25, -0.2) is 9.97 Å². The van der Waals surface area contributed by atoms with Gasteiger partial charge in [0.1, 0.15) is 11.6 Å². The smallest absolute Gasteiger partial charge is 0.131 e. The summed E-state index contributed by atoms with van der Waals surface area (Å²) in [5.74, 6) is 1.38. The molecule has 94 valence electrons. The fourth-order valence-corrected chi connectivity index (χ4v) is 1.96. The molecule has 2 aromatic rings. The second-order valence-corrected chi connectivity index (χ2v) is 4.41. The molecule has 0 aliphatic heterocycles. The van der Waals surface area contributed by atoms with Crippen LogP contribution in [0.1, 0.15) is 30.8 Å². The summed E-state index contributed by atoms with van der Waals surface area (Å²) < 4.78 is 0. The molecule has 0 saturated carbocycles. The Bertz CT molecular complexity index is 562. The third-order valence-corrected chi connectivity index (χ3v) is 3.15. The maximum absolute atomic E-state index is 5.95. The summed E-state index contributed by atoms with van der Waals surface area (Å²) in [6.07, 6.45) is 1.82. The van der Waals surface area contributed by atoms with Crippen molar-refractivity contribution in [1.29, 1.82) is 0 Å². The predicted octanol–water partition coefficient (Wildman–Crippen LogP) is 3.16. The summed E-state index contributed by atoms with van der Waals surface area (Å²) in [4.78, 5) is 8.89. The minimum Gasteiger partial charge on any atom is -0.383 e. The molecule has 2 N–H and O–H groups in total. The molecule has 0 aliphatic rings. The van der Waals surface area contributed by atoms with Crippen molar-refractivity contribution >= 4 is 5.82 Å². The SMILES string of the molecule is CCc1cccc(-c2nc(CC)nc(N)c2C)c1. The van der Waals surface area contributed by atoms with Crippen LogP contribution in [-0.2, 0) is 12.8 Å². The zero-order valence-corrected chi connectivity index (χ0v) is 11.2. The number of aromatic nitrogens is 2. The molecule has 0 aliphatic carbocycles. The Morgan fingerprint density at radius 3 is 2.56 bits per heavy atom. The van der Waals surface area contributed by atoms with Crippen LogP contribution in [0, 0.1) is 6.92 Å². The normalized spacial score (nSPS) is 10.6. The van der Waals surface area contributed by atoms with Crippen LogP contribution >= 0.6 is 0 Å². The fourth-order valence-electron chi connectivity index (χ4n) is 1.96. The van der Waals surface area contributed by atoms with Gasteiger partial charge >= 0.3 is 0 Å². The van der Waals surface area contributed by atoms with Gasteiger partial charge in [0.15, 0.2) is 0 Å². The van der Waals surface area contributed by atoms with Crippen molar-refractivity contribution in [3.8, 4) is 11.3 Å². The van der Waals surface area contributed by atoms with Gasteiger partial charge in [-0.2, -0.15) is 0 Å². The van der Waals surface area contributed by atoms with Gasteiger partial charge in [0.25, 0.3) is 0 Å². The summed E-state index contributed by atoms with van der Waals surface area (Å²) in [5.41, 5.74) is 10.3. The van der Waals surface area contributed by atoms with Crippen molar-refractivity contribution in [3.05, 3.63) is 41.2 Å². The highest BCUT2D eigenvalue weighted by atomic mass is 15.0. The summed E-state index contributed by atoms with van der Waals surface area (Å²) in [6, 6.07) is 8.45. The van der Waals surface area contributed by atoms with Crippen LogP contribution in [0.15, 0.2) is 24.3 Å². The number of anilines is 1. The van der Waals surface area contributed by atoms with E-state index in [-0.39, 0.29) is 0 Å². The molecule has 1 aromatic carbocycles. The van der Waals surface area contributed by atoms with Crippen LogP contribution in [0.3, 0.4) is 0 Å². The summed E-state index contributed by atoms with van der Waals surface area (Å²) in [7, 11) is 0. The molecular formula is C15H19N3. The van der Waals surface area contributed by atoms with Crippen molar-refractivity contribution in [2.75, 3.05) is 5.73 Å². The average molecular weight is 241 g/mol. The highest BCUT2D eigenvalue weighted by Crippen LogP contribution is 2.25. The van der Waals surface area contributed by atoms with E-state index in [4.69, 9.17) is 5.73 Å². The van der Waals surface area contributed by atoms with Crippen molar-refractivity contribution in [2.24, 2.45) is 0 Å². The van der Waals surface area contributed by atoms with Gasteiger partial charge in [-0.15, -0.1) is 0 Å². The maximum atomic E-state index is 5.95. The molecule has 18 heavy (non-hydrogen) atoms. The number of aryl methyl sites for hydroxylation is 2. The molecule has 0 saturated heterocycles. The number of nitrogens with two attached hydrogens (primary N) is 1. The Labute approximate surface area is 108 Å². The Morgan fingerprint density at radius 1 is 1.11 bits per heavy atom. The minimum atomic E-state index is 0.582. The lowest BCUT2D eigenvalue weighted by Gasteiger charge is -2.10. The lowest BCUT2D eigenvalue weighted by Crippen LogP contribution is -2.04. The quantitative estimate of drug-likeness (QED) is 0.898. The van der Waals surface area contributed by atoms with E-state index in [0.29, 0.717) is 5.82 Å². The van der Waals surface area contributed by atoms with E-state index < -0.39 is 0 Å². The first-order valence-corrected chi connectivity index (χ1v) is 6.38. The molecule has 3 nitrogen and oxygen atoms in total. The molecule has 0 radical (unpaired) electrons. The van der Waals surface area contributed by atoms with Gasteiger partial charge in [0, 0.05) is 17.5 Å². The van der Waals surface area contributed by atoms with E-state index >= 15 is 0 Å². The number of nitrogens with zero attached hydrogens (tertiary/aromatic N) is 2. The molecule has 0 fully saturated rings. The summed E-state index contributed by atoms with van der Waals surface area (Å²) in [5, 5.41) is 0. The molecule has 1 aromatic heterocycles. The first-order chi connectivity index (χ1) is 8.65. The molecular weight excluding hydrogens is 222 g/mol. The molecule has 2 rings (SSSR count). The number of nitrogen functional groups attached to an aromatic ring is 1. The lowest BCUT2D eigenvalue weighted by atomic mass is 10.0. The Morgan fingerprint density at radius 2 is 1.89 bits per heavy atom. The molecule has 0 spiro atoms. The molecule has 0 unspecified atom stereocenters. The van der Waals surface area contributed by atoms with Crippen LogP contribution < -0.4 is 5.73 Å². The topological polar surface area (TPSA) is 51.8 Å². The highest BCUT2D eigenvalue weighted by molar-refractivity contribution is 5.67. The van der Waals surface area contributed by atoms with Gasteiger partial charge in [-0.05, 0) is 25.0 Å². The van der Waals surface area contributed by atoms with Crippen molar-refractivity contribution in [3.63, 3.8) is 0 Å². The second kappa shape index (κ2) is 5.17. The molecule has 0 amide bonds. The van der Waals surface area contributed by atoms with E-state index in [2.05, 4.69) is 41.2 Å². The third kappa shape index (κ3) is 2.35. The lowest BCUT2D eigenvalue weighted by molar-refractivity contribution is 0.940.